The first kappa shape index (κ1) is 19.4. The van der Waals surface area contributed by atoms with Gasteiger partial charge in [0.25, 0.3) is 0 Å². The quantitative estimate of drug-likeness (QED) is 0.621. The molecule has 0 spiro atoms. The summed E-state index contributed by atoms with van der Waals surface area (Å²) in [4.78, 5) is 6.80. The van der Waals surface area contributed by atoms with Crippen LogP contribution >= 0.6 is 12.2 Å². The first-order chi connectivity index (χ1) is 14.2. The van der Waals surface area contributed by atoms with Crippen molar-refractivity contribution in [3.63, 3.8) is 0 Å². The number of aromatic amines is 1. The first-order valence-corrected chi connectivity index (χ1v) is 9.93. The van der Waals surface area contributed by atoms with Gasteiger partial charge in [0, 0.05) is 13.1 Å². The first-order valence-electron chi connectivity index (χ1n) is 9.52. The smallest absolute Gasteiger partial charge is 0.217 e. The van der Waals surface area contributed by atoms with Gasteiger partial charge < -0.3 is 9.47 Å². The average Bonchev–Trinajstić information content (AvgIpc) is 3.11. The van der Waals surface area contributed by atoms with Crippen LogP contribution in [0.15, 0.2) is 42.5 Å². The van der Waals surface area contributed by atoms with Crippen LogP contribution in [0.3, 0.4) is 0 Å². The zero-order chi connectivity index (χ0) is 20.2. The molecule has 1 aliphatic rings. The van der Waals surface area contributed by atoms with Gasteiger partial charge in [-0.05, 0) is 53.5 Å². The van der Waals surface area contributed by atoms with Gasteiger partial charge in [-0.15, -0.1) is 0 Å². The van der Waals surface area contributed by atoms with Crippen molar-refractivity contribution >= 4 is 24.4 Å². The molecule has 2 heterocycles. The zero-order valence-electron chi connectivity index (χ0n) is 16.6. The molecule has 0 bridgehead atoms. The van der Waals surface area contributed by atoms with Crippen LogP contribution < -0.4 is 9.47 Å². The van der Waals surface area contributed by atoms with Gasteiger partial charge in [0.2, 0.25) is 4.77 Å². The Kier molecular flexibility index (Phi) is 5.78. The Morgan fingerprint density at radius 3 is 2.52 bits per heavy atom. The predicted octanol–water partition coefficient (Wildman–Crippen LogP) is 4.14. The van der Waals surface area contributed by atoms with E-state index in [9.17, 15) is 0 Å². The summed E-state index contributed by atoms with van der Waals surface area (Å²) in [5, 5.41) is 3.29. The van der Waals surface area contributed by atoms with E-state index in [-0.39, 0.29) is 0 Å². The lowest BCUT2D eigenvalue weighted by molar-refractivity contribution is 0.187. The molecular weight excluding hydrogens is 384 g/mol. The Hall–Kier alpha value is -2.90. The minimum absolute atomic E-state index is 0.552. The van der Waals surface area contributed by atoms with Crippen molar-refractivity contribution in [2.75, 3.05) is 20.8 Å². The highest BCUT2D eigenvalue weighted by Crippen LogP contribution is 2.33. The van der Waals surface area contributed by atoms with Crippen LogP contribution in [-0.2, 0) is 19.6 Å². The van der Waals surface area contributed by atoms with Crippen LogP contribution in [0, 0.1) is 4.77 Å². The molecule has 0 saturated heterocycles. The average molecular weight is 409 g/mol. The maximum atomic E-state index is 5.45. The van der Waals surface area contributed by atoms with Gasteiger partial charge >= 0.3 is 0 Å². The standard InChI is InChI=1S/C22H24N4O2S/c1-27-19-12-17-10-11-25(14-18(17)13-20(19)28-2)15-26-22(29)23-21(24-26)9-8-16-6-4-3-5-7-16/h3-9,12-13H,10-11,14-15H2,1-2H3,(H,23,24,29)/b9-8+. The number of fused-ring (bicyclic) bond motifs is 1. The number of hydrogen-bond donors (Lipinski definition) is 1. The highest BCUT2D eigenvalue weighted by molar-refractivity contribution is 7.71. The molecule has 0 radical (unpaired) electrons. The lowest BCUT2D eigenvalue weighted by Crippen LogP contribution is -2.32. The topological polar surface area (TPSA) is 55.3 Å². The third kappa shape index (κ3) is 4.41. The third-order valence-corrected chi connectivity index (χ3v) is 5.38. The highest BCUT2D eigenvalue weighted by Gasteiger charge is 2.20. The van der Waals surface area contributed by atoms with Crippen molar-refractivity contribution in [3.8, 4) is 11.5 Å². The molecule has 0 atom stereocenters. The molecule has 1 N–H and O–H groups in total. The molecule has 0 saturated carbocycles. The number of nitrogens with zero attached hydrogens (tertiary/aromatic N) is 3. The molecule has 0 aliphatic carbocycles. The third-order valence-electron chi connectivity index (χ3n) is 5.07. The van der Waals surface area contributed by atoms with Crippen LogP contribution in [0.1, 0.15) is 22.5 Å². The summed E-state index contributed by atoms with van der Waals surface area (Å²) in [7, 11) is 3.34. The van der Waals surface area contributed by atoms with Gasteiger partial charge in [-0.1, -0.05) is 36.4 Å². The van der Waals surface area contributed by atoms with Gasteiger partial charge in [-0.2, -0.15) is 4.98 Å². The van der Waals surface area contributed by atoms with E-state index >= 15 is 0 Å². The normalized spacial score (nSPS) is 14.1. The fourth-order valence-electron chi connectivity index (χ4n) is 3.55. The molecule has 4 rings (SSSR count). The molecule has 7 heteroatoms. The van der Waals surface area contributed by atoms with E-state index in [0.717, 1.165) is 42.4 Å². The second-order valence-corrected chi connectivity index (χ2v) is 7.35. The number of nitrogens with one attached hydrogen (secondary N) is 1. The fourth-order valence-corrected chi connectivity index (χ4v) is 3.75. The predicted molar refractivity (Wildman–Crippen MR) is 116 cm³/mol. The lowest BCUT2D eigenvalue weighted by Gasteiger charge is -2.29. The Morgan fingerprint density at radius 1 is 1.07 bits per heavy atom. The van der Waals surface area contributed by atoms with Crippen molar-refractivity contribution in [1.29, 1.82) is 0 Å². The molecule has 0 fully saturated rings. The molecule has 1 aromatic heterocycles. The lowest BCUT2D eigenvalue weighted by atomic mass is 9.99. The van der Waals surface area contributed by atoms with E-state index in [4.69, 9.17) is 21.7 Å². The summed E-state index contributed by atoms with van der Waals surface area (Å²) in [5.41, 5.74) is 3.68. The van der Waals surface area contributed by atoms with Crippen LogP contribution in [0.4, 0.5) is 0 Å². The Labute approximate surface area is 175 Å². The summed E-state index contributed by atoms with van der Waals surface area (Å²) >= 11 is 5.45. The van der Waals surface area contributed by atoms with Crippen LogP contribution in [-0.4, -0.2) is 40.4 Å². The van der Waals surface area contributed by atoms with E-state index < -0.39 is 0 Å². The number of rotatable bonds is 6. The van der Waals surface area contributed by atoms with Crippen molar-refractivity contribution in [2.24, 2.45) is 0 Å². The molecule has 2 aromatic carbocycles. The molecular formula is C22H24N4O2S. The molecule has 29 heavy (non-hydrogen) atoms. The molecule has 1 aliphatic heterocycles. The van der Waals surface area contributed by atoms with E-state index in [1.165, 1.54) is 11.1 Å². The van der Waals surface area contributed by atoms with Gasteiger partial charge in [0.15, 0.2) is 11.5 Å². The summed E-state index contributed by atoms with van der Waals surface area (Å²) in [6, 6.07) is 14.3. The molecule has 6 nitrogen and oxygen atoms in total. The van der Waals surface area contributed by atoms with Gasteiger partial charge in [-0.3, -0.25) is 10.00 Å². The fraction of sp³-hybridized carbons (Fsp3) is 0.273. The number of aromatic nitrogens is 3. The van der Waals surface area contributed by atoms with Crippen LogP contribution in [0.25, 0.3) is 12.2 Å². The zero-order valence-corrected chi connectivity index (χ0v) is 17.4. The highest BCUT2D eigenvalue weighted by atomic mass is 32.1. The summed E-state index contributed by atoms with van der Waals surface area (Å²) in [6.07, 6.45) is 4.93. The van der Waals surface area contributed by atoms with Crippen LogP contribution in [0.2, 0.25) is 0 Å². The Bertz CT molecular complexity index is 1070. The summed E-state index contributed by atoms with van der Waals surface area (Å²) in [5.74, 6) is 2.30. The number of methoxy groups -OCH3 is 2. The van der Waals surface area contributed by atoms with E-state index in [2.05, 4.69) is 39.2 Å². The number of benzene rings is 2. The monoisotopic (exact) mass is 408 g/mol. The second-order valence-electron chi connectivity index (χ2n) is 6.98. The van der Waals surface area contributed by atoms with E-state index in [1.54, 1.807) is 14.2 Å². The van der Waals surface area contributed by atoms with E-state index in [1.807, 2.05) is 35.0 Å². The Balaban J connectivity index is 1.47. The second kappa shape index (κ2) is 8.63. The van der Waals surface area contributed by atoms with Crippen molar-refractivity contribution in [2.45, 2.75) is 19.6 Å². The van der Waals surface area contributed by atoms with E-state index in [0.29, 0.717) is 11.4 Å². The molecule has 150 valence electrons. The minimum Gasteiger partial charge on any atom is -0.493 e. The summed E-state index contributed by atoms with van der Waals surface area (Å²) < 4.78 is 13.3. The molecule has 0 amide bonds. The van der Waals surface area contributed by atoms with Gasteiger partial charge in [0.1, 0.15) is 5.82 Å². The van der Waals surface area contributed by atoms with Gasteiger partial charge in [-0.25, -0.2) is 4.68 Å². The summed E-state index contributed by atoms with van der Waals surface area (Å²) in [6.45, 7) is 2.43. The minimum atomic E-state index is 0.552. The Morgan fingerprint density at radius 2 is 1.79 bits per heavy atom. The largest absolute Gasteiger partial charge is 0.493 e. The maximum Gasteiger partial charge on any atom is 0.217 e. The molecule has 0 unspecified atom stereocenters. The maximum absolute atomic E-state index is 5.45. The number of hydrogen-bond acceptors (Lipinski definition) is 5. The molecule has 3 aromatic rings. The SMILES string of the molecule is COc1cc2c(cc1OC)CN(Cn1[nH]c(/C=C/c3ccccc3)nc1=S)CC2. The van der Waals surface area contributed by atoms with Crippen molar-refractivity contribution < 1.29 is 9.47 Å². The number of ether oxygens (including phenoxy) is 2. The van der Waals surface area contributed by atoms with Crippen molar-refractivity contribution in [3.05, 3.63) is 69.8 Å². The van der Waals surface area contributed by atoms with Crippen LogP contribution in [0.5, 0.6) is 11.5 Å². The van der Waals surface area contributed by atoms with Gasteiger partial charge in [0.05, 0.1) is 20.9 Å². The number of H-pyrrole nitrogens is 1. The van der Waals surface area contributed by atoms with Crippen molar-refractivity contribution in [1.82, 2.24) is 19.7 Å².